The van der Waals surface area contributed by atoms with Crippen molar-refractivity contribution in [3.8, 4) is 0 Å². The maximum Gasteiger partial charge on any atom is 0.408 e. The van der Waals surface area contributed by atoms with Gasteiger partial charge in [-0.1, -0.05) is 36.4 Å². The van der Waals surface area contributed by atoms with Gasteiger partial charge in [0, 0.05) is 6.54 Å². The average molecular weight is 616 g/mol. The number of carbonyl (C=O) groups is 2. The number of carboxylic acids is 1. The summed E-state index contributed by atoms with van der Waals surface area (Å²) in [6.07, 6.45) is 2.90. The summed E-state index contributed by atoms with van der Waals surface area (Å²) in [7, 11) is -3.82. The number of carboxylic acid groups (broad SMARTS) is 1. The van der Waals surface area contributed by atoms with E-state index in [0.717, 1.165) is 48.2 Å². The van der Waals surface area contributed by atoms with Crippen LogP contribution in [0.2, 0.25) is 0 Å². The molecule has 1 unspecified atom stereocenters. The summed E-state index contributed by atoms with van der Waals surface area (Å²) in [6, 6.07) is 12.7. The lowest BCUT2D eigenvalue weighted by molar-refractivity contribution is -0.139. The number of alkyl carbamates (subject to hydrolysis) is 1. The molecule has 2 aromatic carbocycles. The summed E-state index contributed by atoms with van der Waals surface area (Å²) in [5.41, 5.74) is 9.12. The fourth-order valence-corrected chi connectivity index (χ4v) is 6.68. The monoisotopic (exact) mass is 615 g/mol. The summed E-state index contributed by atoms with van der Waals surface area (Å²) < 4.78 is 31.6. The molecule has 0 saturated heterocycles. The molecular weight excluding hydrogens is 582 g/mol. The maximum atomic E-state index is 13.3. The number of sulfone groups is 1. The number of nitrogens with zero attached hydrogens (tertiary/aromatic N) is 2. The molecule has 3 aliphatic rings. The van der Waals surface area contributed by atoms with E-state index in [1.165, 1.54) is 11.1 Å². The Balaban J connectivity index is 0.00000405. The molecule has 224 valence electrons. The van der Waals surface area contributed by atoms with Gasteiger partial charge in [0.05, 0.1) is 22.9 Å². The SMILES string of the molecule is Cl.O=C(NC(CCS(=O)(=O)c1ccc2c(c1)CC/C(=N\NC1=NCCN1)C1=C2CCC1)C(=O)O)OCc1ccccc1. The molecule has 1 aliphatic heterocycles. The van der Waals surface area contributed by atoms with Crippen LogP contribution in [0.15, 0.2) is 69.1 Å². The van der Waals surface area contributed by atoms with Crippen LogP contribution in [0.25, 0.3) is 5.57 Å². The van der Waals surface area contributed by atoms with Gasteiger partial charge in [0.2, 0.25) is 5.96 Å². The molecular formula is C29H34ClN5O6S. The fraction of sp³-hybridized carbons (Fsp3) is 0.379. The quantitative estimate of drug-likeness (QED) is 0.312. The van der Waals surface area contributed by atoms with Crippen molar-refractivity contribution in [3.63, 3.8) is 0 Å². The number of aliphatic carboxylic acids is 1. The number of aliphatic imine (C=N–C) groups is 1. The molecule has 1 heterocycles. The van der Waals surface area contributed by atoms with Crippen LogP contribution in [0.3, 0.4) is 0 Å². The Morgan fingerprint density at radius 1 is 1.07 bits per heavy atom. The van der Waals surface area contributed by atoms with E-state index >= 15 is 0 Å². The molecule has 1 amide bonds. The number of carbonyl (C=O) groups excluding carboxylic acids is 1. The summed E-state index contributed by atoms with van der Waals surface area (Å²) in [4.78, 5) is 28.4. The predicted molar refractivity (Wildman–Crippen MR) is 162 cm³/mol. The van der Waals surface area contributed by atoms with E-state index in [1.54, 1.807) is 36.4 Å². The third-order valence-electron chi connectivity index (χ3n) is 7.41. The first-order valence-corrected chi connectivity index (χ1v) is 15.3. The van der Waals surface area contributed by atoms with E-state index < -0.39 is 33.7 Å². The Hall–Kier alpha value is -3.90. The van der Waals surface area contributed by atoms with Crippen molar-refractivity contribution in [1.29, 1.82) is 0 Å². The number of amides is 1. The number of aryl methyl sites for hydroxylation is 1. The second kappa shape index (κ2) is 13.8. The van der Waals surface area contributed by atoms with Crippen molar-refractivity contribution in [2.45, 2.75) is 56.1 Å². The highest BCUT2D eigenvalue weighted by atomic mass is 35.5. The summed E-state index contributed by atoms with van der Waals surface area (Å²) in [5, 5.41) is 19.6. The number of hydrogen-bond donors (Lipinski definition) is 4. The molecule has 42 heavy (non-hydrogen) atoms. The van der Waals surface area contributed by atoms with Gasteiger partial charge >= 0.3 is 12.1 Å². The van der Waals surface area contributed by atoms with E-state index in [-0.39, 0.29) is 30.3 Å². The fourth-order valence-electron chi connectivity index (χ4n) is 5.30. The highest BCUT2D eigenvalue weighted by Crippen LogP contribution is 2.40. The van der Waals surface area contributed by atoms with Gasteiger partial charge in [-0.05, 0) is 78.5 Å². The predicted octanol–water partition coefficient (Wildman–Crippen LogP) is 3.44. The number of fused-ring (bicyclic) bond motifs is 2. The minimum Gasteiger partial charge on any atom is -0.480 e. The lowest BCUT2D eigenvalue weighted by Gasteiger charge is -2.16. The number of ether oxygens (including phenoxy) is 1. The Morgan fingerprint density at radius 2 is 1.86 bits per heavy atom. The summed E-state index contributed by atoms with van der Waals surface area (Å²) in [6.45, 7) is 1.47. The van der Waals surface area contributed by atoms with Crippen molar-refractivity contribution in [2.75, 3.05) is 18.8 Å². The van der Waals surface area contributed by atoms with E-state index in [1.807, 2.05) is 12.1 Å². The normalized spacial score (nSPS) is 17.6. The number of allylic oxidation sites excluding steroid dienone is 2. The molecule has 0 fully saturated rings. The van der Waals surface area contributed by atoms with Crippen LogP contribution in [-0.2, 0) is 32.4 Å². The molecule has 0 bridgehead atoms. The van der Waals surface area contributed by atoms with Crippen molar-refractivity contribution in [2.24, 2.45) is 10.1 Å². The average Bonchev–Trinajstić information content (AvgIpc) is 3.65. The van der Waals surface area contributed by atoms with Gasteiger partial charge in [-0.25, -0.2) is 28.4 Å². The minimum atomic E-state index is -3.82. The van der Waals surface area contributed by atoms with Gasteiger partial charge in [-0.2, -0.15) is 5.10 Å². The zero-order chi connectivity index (χ0) is 28.8. The number of hydrazone groups is 1. The molecule has 0 aromatic heterocycles. The highest BCUT2D eigenvalue weighted by molar-refractivity contribution is 7.91. The number of guanidine groups is 1. The first-order valence-electron chi connectivity index (χ1n) is 13.7. The number of hydrogen-bond acceptors (Lipinski definition) is 9. The second-order valence-electron chi connectivity index (χ2n) is 10.2. The van der Waals surface area contributed by atoms with Gasteiger partial charge in [0.15, 0.2) is 9.84 Å². The lowest BCUT2D eigenvalue weighted by Crippen LogP contribution is -2.42. The molecule has 0 spiro atoms. The summed E-state index contributed by atoms with van der Waals surface area (Å²) in [5.74, 6) is -1.12. The van der Waals surface area contributed by atoms with Crippen molar-refractivity contribution < 1.29 is 27.9 Å². The van der Waals surface area contributed by atoms with Gasteiger partial charge in [0.25, 0.3) is 0 Å². The first-order chi connectivity index (χ1) is 19.8. The Kier molecular flexibility index (Phi) is 10.2. The molecule has 11 nitrogen and oxygen atoms in total. The van der Waals surface area contributed by atoms with Crippen LogP contribution in [-0.4, -0.2) is 62.1 Å². The Bertz CT molecular complexity index is 1520. The van der Waals surface area contributed by atoms with E-state index in [0.29, 0.717) is 25.3 Å². The molecule has 5 rings (SSSR count). The standard InChI is InChI=1S/C29H33N5O6S.ClH/c35-27(36)26(32-29(37)40-18-19-5-2-1-3-6-19)13-16-41(38,39)21-10-11-22-20(17-21)9-12-25(24-8-4-7-23(22)24)33-34-28-30-14-15-31-28;/h1-3,5-6,10-11,17,26H,4,7-9,12-16,18H2,(H,32,37)(H,35,36)(H2,30,31,34);1H/b33-25+;. The van der Waals surface area contributed by atoms with Crippen LogP contribution in [0, 0.1) is 0 Å². The van der Waals surface area contributed by atoms with Gasteiger partial charge < -0.3 is 20.5 Å². The van der Waals surface area contributed by atoms with Crippen molar-refractivity contribution in [3.05, 3.63) is 70.8 Å². The third kappa shape index (κ3) is 7.48. The first kappa shape index (κ1) is 31.0. The molecule has 4 N–H and O–H groups in total. The van der Waals surface area contributed by atoms with Crippen LogP contribution >= 0.6 is 12.4 Å². The summed E-state index contributed by atoms with van der Waals surface area (Å²) >= 11 is 0. The molecule has 0 radical (unpaired) electrons. The van der Waals surface area contributed by atoms with E-state index in [4.69, 9.17) is 4.74 Å². The largest absolute Gasteiger partial charge is 0.480 e. The topological polar surface area (TPSA) is 159 Å². The minimum absolute atomic E-state index is 0. The number of halogens is 1. The van der Waals surface area contributed by atoms with Crippen LogP contribution in [0.4, 0.5) is 4.79 Å². The molecule has 13 heteroatoms. The van der Waals surface area contributed by atoms with Crippen LogP contribution in [0.1, 0.15) is 48.8 Å². The molecule has 2 aliphatic carbocycles. The molecule has 1 atom stereocenters. The highest BCUT2D eigenvalue weighted by Gasteiger charge is 2.28. The number of rotatable bonds is 9. The van der Waals surface area contributed by atoms with Gasteiger partial charge in [0.1, 0.15) is 12.6 Å². The van der Waals surface area contributed by atoms with E-state index in [2.05, 4.69) is 26.2 Å². The van der Waals surface area contributed by atoms with Crippen LogP contribution in [0.5, 0.6) is 0 Å². The zero-order valence-electron chi connectivity index (χ0n) is 23.0. The zero-order valence-corrected chi connectivity index (χ0v) is 24.6. The smallest absolute Gasteiger partial charge is 0.408 e. The van der Waals surface area contributed by atoms with Gasteiger partial charge in [-0.15, -0.1) is 12.4 Å². The second-order valence-corrected chi connectivity index (χ2v) is 12.3. The number of benzene rings is 2. The van der Waals surface area contributed by atoms with Crippen molar-refractivity contribution >= 4 is 51.6 Å². The van der Waals surface area contributed by atoms with E-state index in [9.17, 15) is 23.1 Å². The Labute approximate surface area is 250 Å². The van der Waals surface area contributed by atoms with Crippen LogP contribution < -0.4 is 16.1 Å². The van der Waals surface area contributed by atoms with Gasteiger partial charge in [-0.3, -0.25) is 0 Å². The maximum absolute atomic E-state index is 13.3. The third-order valence-corrected chi connectivity index (χ3v) is 9.15. The van der Waals surface area contributed by atoms with Crippen molar-refractivity contribution in [1.82, 2.24) is 16.1 Å². The number of nitrogens with one attached hydrogen (secondary N) is 3. The Morgan fingerprint density at radius 3 is 2.60 bits per heavy atom. The molecule has 2 aromatic rings. The molecule has 0 saturated carbocycles. The lowest BCUT2D eigenvalue weighted by atomic mass is 9.97.